The van der Waals surface area contributed by atoms with Gasteiger partial charge in [0, 0.05) is 10.8 Å². The van der Waals surface area contributed by atoms with Crippen molar-refractivity contribution in [1.29, 1.82) is 0 Å². The van der Waals surface area contributed by atoms with Crippen LogP contribution in [0.2, 0.25) is 0 Å². The van der Waals surface area contributed by atoms with Crippen LogP contribution in [0.1, 0.15) is 40.0 Å². The smallest absolute Gasteiger partial charge is 0.190 e. The van der Waals surface area contributed by atoms with E-state index in [1.54, 1.807) is 26.8 Å². The van der Waals surface area contributed by atoms with E-state index in [9.17, 15) is 24.9 Å². The quantitative estimate of drug-likeness (QED) is 0.588. The zero-order chi connectivity index (χ0) is 21.6. The molecule has 0 radical (unpaired) electrons. The van der Waals surface area contributed by atoms with Gasteiger partial charge in [-0.15, -0.1) is 11.6 Å². The molecule has 0 aromatic heterocycles. The molecule has 0 aliphatic heterocycles. The molecular formula is C22H28ClFO5. The molecule has 0 spiro atoms. The largest absolute Gasteiger partial charge is 0.391 e. The van der Waals surface area contributed by atoms with Gasteiger partial charge >= 0.3 is 0 Å². The van der Waals surface area contributed by atoms with Crippen LogP contribution < -0.4 is 0 Å². The molecule has 4 rings (SSSR count). The Hall–Kier alpha value is -1.08. The average molecular weight is 427 g/mol. The van der Waals surface area contributed by atoms with Crippen molar-refractivity contribution in [3.05, 3.63) is 23.8 Å². The number of allylic oxidation sites excluding steroid dienone is 4. The summed E-state index contributed by atoms with van der Waals surface area (Å²) in [6, 6.07) is 0. The minimum Gasteiger partial charge on any atom is -0.391 e. The Morgan fingerprint density at radius 3 is 2.59 bits per heavy atom. The number of alkyl halides is 2. The molecule has 0 bridgehead atoms. The van der Waals surface area contributed by atoms with E-state index in [1.165, 1.54) is 12.2 Å². The molecule has 0 heterocycles. The van der Waals surface area contributed by atoms with E-state index in [1.807, 2.05) is 0 Å². The number of hydrogen-bond donors (Lipinski definition) is 3. The Morgan fingerprint density at radius 1 is 1.31 bits per heavy atom. The number of carbonyl (C=O) groups is 2. The molecule has 2 unspecified atom stereocenters. The highest BCUT2D eigenvalue weighted by molar-refractivity contribution is 6.26. The van der Waals surface area contributed by atoms with Crippen LogP contribution in [0, 0.1) is 28.6 Å². The van der Waals surface area contributed by atoms with Crippen LogP contribution in [0.3, 0.4) is 0 Å². The number of ketones is 2. The van der Waals surface area contributed by atoms with Crippen LogP contribution in [0.5, 0.6) is 0 Å². The van der Waals surface area contributed by atoms with Gasteiger partial charge in [0.25, 0.3) is 0 Å². The van der Waals surface area contributed by atoms with Crippen molar-refractivity contribution in [3.63, 3.8) is 0 Å². The molecule has 4 aliphatic rings. The first-order valence-corrected chi connectivity index (χ1v) is 10.6. The third-order valence-corrected chi connectivity index (χ3v) is 9.70. The zero-order valence-corrected chi connectivity index (χ0v) is 17.6. The number of hydrogen-bond acceptors (Lipinski definition) is 5. The lowest BCUT2D eigenvalue weighted by atomic mass is 9.45. The molecule has 29 heavy (non-hydrogen) atoms. The summed E-state index contributed by atoms with van der Waals surface area (Å²) in [5.74, 6) is -2.27. The minimum atomic E-state index is -1.81. The fraction of sp³-hybridized carbons (Fsp3) is 0.727. The summed E-state index contributed by atoms with van der Waals surface area (Å²) in [5.41, 5.74) is -3.63. The highest BCUT2D eigenvalue weighted by Gasteiger charge is 2.75. The predicted octanol–water partition coefficient (Wildman–Crippen LogP) is 2.11. The third kappa shape index (κ3) is 2.26. The maximum Gasteiger partial charge on any atom is 0.190 e. The molecule has 3 saturated carbocycles. The first-order chi connectivity index (χ1) is 13.4. The predicted molar refractivity (Wildman–Crippen MR) is 105 cm³/mol. The molecular weight excluding hydrogens is 399 g/mol. The van der Waals surface area contributed by atoms with Gasteiger partial charge in [0.15, 0.2) is 11.6 Å². The lowest BCUT2D eigenvalue weighted by Gasteiger charge is -2.64. The first kappa shape index (κ1) is 21.2. The molecule has 160 valence electrons. The van der Waals surface area contributed by atoms with E-state index in [4.69, 9.17) is 11.6 Å². The van der Waals surface area contributed by atoms with Crippen molar-refractivity contribution in [2.24, 2.45) is 28.6 Å². The molecule has 4 aliphatic carbocycles. The lowest BCUT2D eigenvalue weighted by molar-refractivity contribution is -0.181. The summed E-state index contributed by atoms with van der Waals surface area (Å²) in [6.07, 6.45) is 2.21. The van der Waals surface area contributed by atoms with Crippen LogP contribution in [0.4, 0.5) is 4.39 Å². The van der Waals surface area contributed by atoms with Crippen LogP contribution >= 0.6 is 11.6 Å². The first-order valence-electron chi connectivity index (χ1n) is 10.2. The second-order valence-corrected chi connectivity index (χ2v) is 10.5. The molecule has 5 nitrogen and oxygen atoms in total. The fourth-order valence-corrected chi connectivity index (χ4v) is 7.74. The fourth-order valence-electron chi connectivity index (χ4n) is 7.25. The van der Waals surface area contributed by atoms with Crippen LogP contribution in [0.25, 0.3) is 0 Å². The van der Waals surface area contributed by atoms with Gasteiger partial charge in [-0.3, -0.25) is 9.59 Å². The maximum absolute atomic E-state index is 15.3. The second-order valence-electron chi connectivity index (χ2n) is 9.84. The van der Waals surface area contributed by atoms with E-state index < -0.39 is 57.8 Å². The number of Topliss-reactive ketones (excluding diaryl/α,β-unsaturated/α-hetero) is 1. The molecule has 3 N–H and O–H groups in total. The molecule has 3 fully saturated rings. The number of rotatable bonds is 2. The van der Waals surface area contributed by atoms with Gasteiger partial charge in [-0.2, -0.15) is 0 Å². The summed E-state index contributed by atoms with van der Waals surface area (Å²) >= 11 is 7.20. The van der Waals surface area contributed by atoms with Crippen molar-refractivity contribution >= 4 is 23.2 Å². The number of aliphatic hydroxyl groups excluding tert-OH is 2. The van der Waals surface area contributed by atoms with Crippen molar-refractivity contribution in [3.8, 4) is 0 Å². The van der Waals surface area contributed by atoms with Crippen LogP contribution in [0.15, 0.2) is 23.8 Å². The van der Waals surface area contributed by atoms with Gasteiger partial charge in [-0.25, -0.2) is 4.39 Å². The normalized spacial score (nSPS) is 53.7. The third-order valence-electron chi connectivity index (χ3n) is 8.78. The van der Waals surface area contributed by atoms with E-state index in [0.717, 1.165) is 0 Å². The van der Waals surface area contributed by atoms with E-state index in [2.05, 4.69) is 0 Å². The Morgan fingerprint density at radius 2 is 1.97 bits per heavy atom. The van der Waals surface area contributed by atoms with Crippen LogP contribution in [-0.2, 0) is 9.59 Å². The minimum absolute atomic E-state index is 0.0134. The Balaban J connectivity index is 1.87. The van der Waals surface area contributed by atoms with E-state index >= 15 is 4.39 Å². The van der Waals surface area contributed by atoms with Gasteiger partial charge < -0.3 is 15.3 Å². The highest BCUT2D eigenvalue weighted by Crippen LogP contribution is 2.71. The van der Waals surface area contributed by atoms with E-state index in [0.29, 0.717) is 6.42 Å². The topological polar surface area (TPSA) is 94.8 Å². The average Bonchev–Trinajstić information content (AvgIpc) is 2.86. The number of aliphatic hydroxyl groups is 3. The molecule has 0 aromatic carbocycles. The monoisotopic (exact) mass is 426 g/mol. The van der Waals surface area contributed by atoms with Gasteiger partial charge in [0.1, 0.15) is 18.4 Å². The number of fused-ring (bicyclic) bond motifs is 5. The lowest BCUT2D eigenvalue weighted by Crippen LogP contribution is -2.70. The Kier molecular flexibility index (Phi) is 4.54. The van der Waals surface area contributed by atoms with Crippen molar-refractivity contribution in [1.82, 2.24) is 0 Å². The van der Waals surface area contributed by atoms with Crippen LogP contribution in [-0.4, -0.2) is 56.2 Å². The van der Waals surface area contributed by atoms with Gasteiger partial charge in [-0.1, -0.05) is 26.8 Å². The van der Waals surface area contributed by atoms with Gasteiger partial charge in [-0.05, 0) is 54.7 Å². The summed E-state index contributed by atoms with van der Waals surface area (Å²) < 4.78 is 15.3. The van der Waals surface area contributed by atoms with Gasteiger partial charge in [0.2, 0.25) is 0 Å². The summed E-state index contributed by atoms with van der Waals surface area (Å²) in [7, 11) is 0. The summed E-state index contributed by atoms with van der Waals surface area (Å²) in [4.78, 5) is 23.2. The van der Waals surface area contributed by atoms with Crippen molar-refractivity contribution in [2.45, 2.75) is 62.8 Å². The number of carbonyl (C=O) groups excluding carboxylic acids is 2. The summed E-state index contributed by atoms with van der Waals surface area (Å²) in [6.45, 7) is 4.46. The van der Waals surface area contributed by atoms with Gasteiger partial charge in [0.05, 0.1) is 11.0 Å². The van der Waals surface area contributed by atoms with Crippen molar-refractivity contribution in [2.75, 3.05) is 6.61 Å². The van der Waals surface area contributed by atoms with Crippen molar-refractivity contribution < 1.29 is 29.3 Å². The summed E-state index contributed by atoms with van der Waals surface area (Å²) in [5, 5.41) is 32.3. The Labute approximate surface area is 174 Å². The standard InChI is InChI=1S/C22H28ClFO5/c1-11-6-13-14-8-16(24)15-7-12(26)4-5-19(15,2)21(14,23)17(27)9-20(13,3)22(11,29)18(28)10-25/h4-5,7,11,13-14,16-17,25,27,29H,6,8-10H2,1-3H3/t11?,13-,14-,16?,17-,19-,20-,21-,22-/m0/s1. The number of halogens is 2. The molecule has 7 heteroatoms. The Bertz CT molecular complexity index is 841. The SMILES string of the molecule is CC1C[C@H]2[C@@H]3CC(F)C4=CC(=O)C=C[C@]4(C)[C@@]3(Cl)[C@@H](O)C[C@]2(C)[C@@]1(O)C(=O)CO. The zero-order valence-electron chi connectivity index (χ0n) is 16.9. The highest BCUT2D eigenvalue weighted by atomic mass is 35.5. The molecule has 0 saturated heterocycles. The molecule has 0 aromatic rings. The molecule has 9 atom stereocenters. The second kappa shape index (κ2) is 6.22. The molecule has 0 amide bonds. The maximum atomic E-state index is 15.3. The van der Waals surface area contributed by atoms with E-state index in [-0.39, 0.29) is 30.1 Å².